The third-order valence-electron chi connectivity index (χ3n) is 4.98. The summed E-state index contributed by atoms with van der Waals surface area (Å²) in [5, 5.41) is 2.77. The minimum absolute atomic E-state index is 0.0929. The minimum atomic E-state index is -3.63. The van der Waals surface area contributed by atoms with E-state index in [2.05, 4.69) is 10.1 Å². The van der Waals surface area contributed by atoms with Gasteiger partial charge in [-0.15, -0.1) is 0 Å². The number of amides is 1. The zero-order valence-corrected chi connectivity index (χ0v) is 17.3. The van der Waals surface area contributed by atoms with Crippen LogP contribution in [0.3, 0.4) is 0 Å². The molecule has 30 heavy (non-hydrogen) atoms. The predicted molar refractivity (Wildman–Crippen MR) is 110 cm³/mol. The topological polar surface area (TPSA) is 92.8 Å². The Labute approximate surface area is 174 Å². The molecule has 0 spiro atoms. The number of carbonyl (C=O) groups excluding carboxylic acids is 2. The van der Waals surface area contributed by atoms with Gasteiger partial charge >= 0.3 is 5.97 Å². The number of benzene rings is 2. The lowest BCUT2D eigenvalue weighted by atomic mass is 9.98. The van der Waals surface area contributed by atoms with Gasteiger partial charge in [0.1, 0.15) is 5.82 Å². The summed E-state index contributed by atoms with van der Waals surface area (Å²) in [5.41, 5.74) is 1.37. The van der Waals surface area contributed by atoms with Crippen LogP contribution in [0.5, 0.6) is 0 Å². The molecule has 1 N–H and O–H groups in total. The van der Waals surface area contributed by atoms with E-state index in [9.17, 15) is 22.4 Å². The second-order valence-electron chi connectivity index (χ2n) is 7.14. The third kappa shape index (κ3) is 5.43. The molecule has 2 aromatic carbocycles. The van der Waals surface area contributed by atoms with Crippen molar-refractivity contribution in [3.63, 3.8) is 0 Å². The summed E-state index contributed by atoms with van der Waals surface area (Å²) in [7, 11) is -2.34. The molecule has 2 aromatic rings. The van der Waals surface area contributed by atoms with E-state index in [0.717, 1.165) is 0 Å². The molecule has 1 heterocycles. The number of anilines is 1. The molecule has 1 aliphatic heterocycles. The fourth-order valence-electron chi connectivity index (χ4n) is 3.34. The number of methoxy groups -OCH3 is 1. The number of carbonyl (C=O) groups is 2. The number of nitrogens with zero attached hydrogens (tertiary/aromatic N) is 1. The SMILES string of the molecule is COC(=O)c1ccc(NC(=O)[C@H]2CCCN(S(=O)(=O)Cc3ccc(F)cc3)C2)cc1. The number of rotatable bonds is 6. The van der Waals surface area contributed by atoms with E-state index in [1.165, 1.54) is 35.7 Å². The van der Waals surface area contributed by atoms with Gasteiger partial charge in [-0.25, -0.2) is 21.9 Å². The van der Waals surface area contributed by atoms with Gasteiger partial charge < -0.3 is 10.1 Å². The molecule has 0 radical (unpaired) electrons. The first kappa shape index (κ1) is 21.9. The Morgan fingerprint density at radius 3 is 2.43 bits per heavy atom. The zero-order valence-electron chi connectivity index (χ0n) is 16.5. The molecule has 1 amide bonds. The van der Waals surface area contributed by atoms with E-state index in [1.807, 2.05) is 0 Å². The Morgan fingerprint density at radius 1 is 1.13 bits per heavy atom. The highest BCUT2D eigenvalue weighted by Crippen LogP contribution is 2.23. The maximum Gasteiger partial charge on any atom is 0.337 e. The lowest BCUT2D eigenvalue weighted by Crippen LogP contribution is -2.44. The quantitative estimate of drug-likeness (QED) is 0.706. The molecule has 9 heteroatoms. The molecule has 1 fully saturated rings. The Hall–Kier alpha value is -2.78. The highest BCUT2D eigenvalue weighted by molar-refractivity contribution is 7.88. The van der Waals surface area contributed by atoms with Crippen LogP contribution >= 0.6 is 0 Å². The van der Waals surface area contributed by atoms with Crippen molar-refractivity contribution in [2.24, 2.45) is 5.92 Å². The van der Waals surface area contributed by atoms with Crippen molar-refractivity contribution >= 4 is 27.6 Å². The Kier molecular flexibility index (Phi) is 6.84. The van der Waals surface area contributed by atoms with Gasteiger partial charge in [0.25, 0.3) is 0 Å². The number of hydrogen-bond donors (Lipinski definition) is 1. The number of nitrogens with one attached hydrogen (secondary N) is 1. The second-order valence-corrected chi connectivity index (χ2v) is 9.11. The lowest BCUT2D eigenvalue weighted by Gasteiger charge is -2.31. The van der Waals surface area contributed by atoms with E-state index in [4.69, 9.17) is 0 Å². The van der Waals surface area contributed by atoms with Crippen LogP contribution in [0.4, 0.5) is 10.1 Å². The summed E-state index contributed by atoms with van der Waals surface area (Å²) in [6.45, 7) is 0.441. The van der Waals surface area contributed by atoms with Crippen molar-refractivity contribution in [3.8, 4) is 0 Å². The van der Waals surface area contributed by atoms with E-state index in [1.54, 1.807) is 24.3 Å². The summed E-state index contributed by atoms with van der Waals surface area (Å²) >= 11 is 0. The van der Waals surface area contributed by atoms with Gasteiger partial charge in [0.15, 0.2) is 0 Å². The Morgan fingerprint density at radius 2 is 1.80 bits per heavy atom. The molecule has 0 aromatic heterocycles. The number of halogens is 1. The maximum atomic E-state index is 13.0. The number of piperidine rings is 1. The van der Waals surface area contributed by atoms with E-state index >= 15 is 0 Å². The van der Waals surface area contributed by atoms with Crippen LogP contribution in [-0.4, -0.2) is 44.8 Å². The van der Waals surface area contributed by atoms with E-state index in [0.29, 0.717) is 36.2 Å². The molecule has 0 unspecified atom stereocenters. The predicted octanol–water partition coefficient (Wildman–Crippen LogP) is 2.79. The summed E-state index contributed by atoms with van der Waals surface area (Å²) in [6.07, 6.45) is 1.15. The van der Waals surface area contributed by atoms with Crippen LogP contribution in [-0.2, 0) is 25.3 Å². The van der Waals surface area contributed by atoms with Crippen LogP contribution in [0, 0.1) is 11.7 Å². The van der Waals surface area contributed by atoms with Crippen LogP contribution in [0.1, 0.15) is 28.8 Å². The van der Waals surface area contributed by atoms with Crippen molar-refractivity contribution in [1.29, 1.82) is 0 Å². The largest absolute Gasteiger partial charge is 0.465 e. The third-order valence-corrected chi connectivity index (χ3v) is 6.80. The highest BCUT2D eigenvalue weighted by Gasteiger charge is 2.32. The molecular formula is C21H23FN2O5S. The first-order chi connectivity index (χ1) is 14.3. The normalized spacial score (nSPS) is 17.3. The number of hydrogen-bond acceptors (Lipinski definition) is 5. The first-order valence-corrected chi connectivity index (χ1v) is 11.1. The molecule has 7 nitrogen and oxygen atoms in total. The van der Waals surface area contributed by atoms with Crippen molar-refractivity contribution in [1.82, 2.24) is 4.31 Å². The summed E-state index contributed by atoms with van der Waals surface area (Å²) < 4.78 is 44.5. The lowest BCUT2D eigenvalue weighted by molar-refractivity contribution is -0.120. The van der Waals surface area contributed by atoms with Crippen LogP contribution < -0.4 is 5.32 Å². The van der Waals surface area contributed by atoms with Gasteiger partial charge in [-0.3, -0.25) is 4.79 Å². The van der Waals surface area contributed by atoms with Crippen LogP contribution in [0.25, 0.3) is 0 Å². The van der Waals surface area contributed by atoms with Gasteiger partial charge in [-0.1, -0.05) is 12.1 Å². The molecule has 1 atom stereocenters. The van der Waals surface area contributed by atoms with Gasteiger partial charge in [-0.2, -0.15) is 0 Å². The molecule has 1 saturated heterocycles. The summed E-state index contributed by atoms with van der Waals surface area (Å²) in [5.74, 6) is -1.89. The smallest absolute Gasteiger partial charge is 0.337 e. The Bertz CT molecular complexity index is 1010. The highest BCUT2D eigenvalue weighted by atomic mass is 32.2. The van der Waals surface area contributed by atoms with E-state index in [-0.39, 0.29) is 18.2 Å². The molecule has 0 saturated carbocycles. The fourth-order valence-corrected chi connectivity index (χ4v) is 4.95. The molecule has 1 aliphatic rings. The van der Waals surface area contributed by atoms with Crippen LogP contribution in [0.2, 0.25) is 0 Å². The molecule has 0 bridgehead atoms. The Balaban J connectivity index is 1.62. The van der Waals surface area contributed by atoms with Gasteiger partial charge in [0, 0.05) is 18.8 Å². The van der Waals surface area contributed by atoms with Crippen molar-refractivity contribution < 1.29 is 27.1 Å². The minimum Gasteiger partial charge on any atom is -0.465 e. The van der Waals surface area contributed by atoms with Crippen LogP contribution in [0.15, 0.2) is 48.5 Å². The van der Waals surface area contributed by atoms with Crippen molar-refractivity contribution in [2.75, 3.05) is 25.5 Å². The second kappa shape index (κ2) is 9.36. The number of ether oxygens (including phenoxy) is 1. The molecule has 0 aliphatic carbocycles. The monoisotopic (exact) mass is 434 g/mol. The first-order valence-electron chi connectivity index (χ1n) is 9.50. The summed E-state index contributed by atoms with van der Waals surface area (Å²) in [4.78, 5) is 24.1. The fraction of sp³-hybridized carbons (Fsp3) is 0.333. The van der Waals surface area contributed by atoms with Crippen molar-refractivity contribution in [3.05, 3.63) is 65.5 Å². The molecular weight excluding hydrogens is 411 g/mol. The standard InChI is InChI=1S/C21H23FN2O5S/c1-29-21(26)16-6-10-19(11-7-16)23-20(25)17-3-2-12-24(13-17)30(27,28)14-15-4-8-18(22)9-5-15/h4-11,17H,2-3,12-14H2,1H3,(H,23,25)/t17-/m0/s1. The molecule has 160 valence electrons. The zero-order chi connectivity index (χ0) is 21.7. The van der Waals surface area contributed by atoms with Gasteiger partial charge in [0.2, 0.25) is 15.9 Å². The van der Waals surface area contributed by atoms with Crippen molar-refractivity contribution in [2.45, 2.75) is 18.6 Å². The van der Waals surface area contributed by atoms with E-state index < -0.39 is 27.7 Å². The average Bonchev–Trinajstić information content (AvgIpc) is 2.75. The van der Waals surface area contributed by atoms with Gasteiger partial charge in [-0.05, 0) is 54.8 Å². The van der Waals surface area contributed by atoms with Gasteiger partial charge in [0.05, 0.1) is 24.3 Å². The number of esters is 1. The maximum absolute atomic E-state index is 13.0. The summed E-state index contributed by atoms with van der Waals surface area (Å²) in [6, 6.07) is 11.6. The average molecular weight is 434 g/mol. The molecule has 3 rings (SSSR count). The number of sulfonamides is 1.